The molecule has 0 amide bonds. The molecule has 0 bridgehead atoms. The standard InChI is InChI=1S/C18H34N2/c1-2-19-17-11-5-3-4-8-16(17)14-20-13-7-10-15-9-6-12-18(15)20/h15-19H,2-14H2,1H3. The van der Waals surface area contributed by atoms with Crippen molar-refractivity contribution in [1.82, 2.24) is 10.2 Å². The molecule has 0 aromatic carbocycles. The molecule has 0 spiro atoms. The number of fused-ring (bicyclic) bond motifs is 1. The number of rotatable bonds is 4. The van der Waals surface area contributed by atoms with E-state index in [1.165, 1.54) is 77.3 Å². The van der Waals surface area contributed by atoms with E-state index in [1.807, 2.05) is 0 Å². The summed E-state index contributed by atoms with van der Waals surface area (Å²) < 4.78 is 0. The topological polar surface area (TPSA) is 15.3 Å². The van der Waals surface area contributed by atoms with Gasteiger partial charge in [0.2, 0.25) is 0 Å². The van der Waals surface area contributed by atoms with E-state index in [1.54, 1.807) is 0 Å². The molecule has 1 aliphatic heterocycles. The minimum absolute atomic E-state index is 0.796. The molecule has 4 unspecified atom stereocenters. The zero-order valence-electron chi connectivity index (χ0n) is 13.4. The fourth-order valence-electron chi connectivity index (χ4n) is 5.22. The zero-order chi connectivity index (χ0) is 13.8. The maximum Gasteiger partial charge on any atom is 0.0124 e. The van der Waals surface area contributed by atoms with Gasteiger partial charge in [0.25, 0.3) is 0 Å². The predicted molar refractivity (Wildman–Crippen MR) is 86.0 cm³/mol. The summed E-state index contributed by atoms with van der Waals surface area (Å²) in [4.78, 5) is 2.90. The monoisotopic (exact) mass is 278 g/mol. The molecule has 1 saturated heterocycles. The van der Waals surface area contributed by atoms with E-state index in [4.69, 9.17) is 0 Å². The summed E-state index contributed by atoms with van der Waals surface area (Å²) in [5.41, 5.74) is 0. The Labute approximate surface area is 125 Å². The molecule has 0 radical (unpaired) electrons. The minimum Gasteiger partial charge on any atom is -0.314 e. The van der Waals surface area contributed by atoms with Crippen LogP contribution in [0.2, 0.25) is 0 Å². The van der Waals surface area contributed by atoms with Gasteiger partial charge in [0.15, 0.2) is 0 Å². The average molecular weight is 278 g/mol. The number of likely N-dealkylation sites (tertiary alicyclic amines) is 1. The minimum atomic E-state index is 0.796. The molecule has 3 rings (SSSR count). The molecule has 2 nitrogen and oxygen atoms in total. The van der Waals surface area contributed by atoms with Gasteiger partial charge >= 0.3 is 0 Å². The van der Waals surface area contributed by atoms with Gasteiger partial charge in [-0.3, -0.25) is 4.90 Å². The van der Waals surface area contributed by atoms with Gasteiger partial charge in [0.1, 0.15) is 0 Å². The van der Waals surface area contributed by atoms with Gasteiger partial charge in [0.05, 0.1) is 0 Å². The van der Waals surface area contributed by atoms with Gasteiger partial charge in [-0.1, -0.05) is 32.6 Å². The highest BCUT2D eigenvalue weighted by molar-refractivity contribution is 4.91. The van der Waals surface area contributed by atoms with Crippen molar-refractivity contribution in [2.75, 3.05) is 19.6 Å². The summed E-state index contributed by atoms with van der Waals surface area (Å²) in [5.74, 6) is 1.96. The molecule has 3 fully saturated rings. The molecule has 0 aromatic rings. The highest BCUT2D eigenvalue weighted by Crippen LogP contribution is 2.38. The molecule has 1 N–H and O–H groups in total. The molecule has 2 aliphatic carbocycles. The van der Waals surface area contributed by atoms with Crippen molar-refractivity contribution < 1.29 is 0 Å². The first kappa shape index (κ1) is 14.8. The molecule has 2 heteroatoms. The first-order chi connectivity index (χ1) is 9.88. The van der Waals surface area contributed by atoms with Crippen molar-refractivity contribution in [2.45, 2.75) is 83.2 Å². The second-order valence-corrected chi connectivity index (χ2v) is 7.46. The summed E-state index contributed by atoms with van der Waals surface area (Å²) in [5, 5.41) is 3.80. The molecular formula is C18H34N2. The highest BCUT2D eigenvalue weighted by Gasteiger charge is 2.36. The second-order valence-electron chi connectivity index (χ2n) is 7.46. The van der Waals surface area contributed by atoms with E-state index >= 15 is 0 Å². The maximum atomic E-state index is 3.80. The van der Waals surface area contributed by atoms with E-state index in [-0.39, 0.29) is 0 Å². The Hall–Kier alpha value is -0.0800. The van der Waals surface area contributed by atoms with Crippen LogP contribution in [0.25, 0.3) is 0 Å². The van der Waals surface area contributed by atoms with Crippen molar-refractivity contribution in [1.29, 1.82) is 0 Å². The van der Waals surface area contributed by atoms with Crippen LogP contribution < -0.4 is 5.32 Å². The lowest BCUT2D eigenvalue weighted by Crippen LogP contribution is -2.48. The molecular weight excluding hydrogens is 244 g/mol. The Morgan fingerprint density at radius 2 is 1.75 bits per heavy atom. The molecule has 20 heavy (non-hydrogen) atoms. The Bertz CT molecular complexity index is 291. The largest absolute Gasteiger partial charge is 0.314 e. The van der Waals surface area contributed by atoms with Gasteiger partial charge < -0.3 is 5.32 Å². The van der Waals surface area contributed by atoms with E-state index in [9.17, 15) is 0 Å². The number of piperidine rings is 1. The van der Waals surface area contributed by atoms with Crippen LogP contribution in [0, 0.1) is 11.8 Å². The van der Waals surface area contributed by atoms with E-state index in [2.05, 4.69) is 17.1 Å². The number of nitrogens with zero attached hydrogens (tertiary/aromatic N) is 1. The maximum absolute atomic E-state index is 3.80. The quantitative estimate of drug-likeness (QED) is 0.787. The fourth-order valence-corrected chi connectivity index (χ4v) is 5.22. The second kappa shape index (κ2) is 7.26. The van der Waals surface area contributed by atoms with Crippen LogP contribution in [0.1, 0.15) is 71.1 Å². The number of hydrogen-bond donors (Lipinski definition) is 1. The van der Waals surface area contributed by atoms with Gasteiger partial charge in [-0.15, -0.1) is 0 Å². The van der Waals surface area contributed by atoms with Crippen LogP contribution in [-0.4, -0.2) is 36.6 Å². The van der Waals surface area contributed by atoms with Gasteiger partial charge in [-0.25, -0.2) is 0 Å². The third-order valence-corrected chi connectivity index (χ3v) is 6.20. The van der Waals surface area contributed by atoms with Crippen LogP contribution in [0.15, 0.2) is 0 Å². The lowest BCUT2D eigenvalue weighted by atomic mass is 9.88. The predicted octanol–water partition coefficient (Wildman–Crippen LogP) is 3.81. The SMILES string of the molecule is CCNC1CCCCCC1CN1CCCC2CCCC21. The first-order valence-electron chi connectivity index (χ1n) is 9.36. The normalized spacial score (nSPS) is 39.5. The first-order valence-corrected chi connectivity index (χ1v) is 9.36. The Morgan fingerprint density at radius 1 is 0.900 bits per heavy atom. The van der Waals surface area contributed by atoms with Gasteiger partial charge in [0, 0.05) is 18.6 Å². The van der Waals surface area contributed by atoms with Crippen molar-refractivity contribution in [3.8, 4) is 0 Å². The van der Waals surface area contributed by atoms with Crippen molar-refractivity contribution in [3.05, 3.63) is 0 Å². The molecule has 116 valence electrons. The highest BCUT2D eigenvalue weighted by atomic mass is 15.2. The van der Waals surface area contributed by atoms with Crippen LogP contribution in [0.4, 0.5) is 0 Å². The number of hydrogen-bond acceptors (Lipinski definition) is 2. The Morgan fingerprint density at radius 3 is 2.65 bits per heavy atom. The van der Waals surface area contributed by atoms with Gasteiger partial charge in [-0.05, 0) is 63.5 Å². The summed E-state index contributed by atoms with van der Waals surface area (Å²) in [6.45, 7) is 6.19. The molecule has 3 aliphatic rings. The van der Waals surface area contributed by atoms with Crippen LogP contribution in [-0.2, 0) is 0 Å². The van der Waals surface area contributed by atoms with Crippen molar-refractivity contribution in [3.63, 3.8) is 0 Å². The average Bonchev–Trinajstić information content (AvgIpc) is 2.84. The fraction of sp³-hybridized carbons (Fsp3) is 1.00. The summed E-state index contributed by atoms with van der Waals surface area (Å²) in [6, 6.07) is 1.75. The van der Waals surface area contributed by atoms with Crippen LogP contribution >= 0.6 is 0 Å². The summed E-state index contributed by atoms with van der Waals surface area (Å²) in [6.07, 6.45) is 14.7. The van der Waals surface area contributed by atoms with Gasteiger partial charge in [-0.2, -0.15) is 0 Å². The van der Waals surface area contributed by atoms with Crippen molar-refractivity contribution >= 4 is 0 Å². The summed E-state index contributed by atoms with van der Waals surface area (Å²) in [7, 11) is 0. The van der Waals surface area contributed by atoms with E-state index in [0.717, 1.165) is 30.5 Å². The van der Waals surface area contributed by atoms with E-state index in [0.29, 0.717) is 0 Å². The lowest BCUT2D eigenvalue weighted by molar-refractivity contribution is 0.0838. The van der Waals surface area contributed by atoms with Crippen molar-refractivity contribution in [2.24, 2.45) is 11.8 Å². The Balaban J connectivity index is 1.61. The third-order valence-electron chi connectivity index (χ3n) is 6.20. The van der Waals surface area contributed by atoms with Crippen LogP contribution in [0.5, 0.6) is 0 Å². The Kier molecular flexibility index (Phi) is 5.39. The molecule has 2 saturated carbocycles. The smallest absolute Gasteiger partial charge is 0.0124 e. The molecule has 0 aromatic heterocycles. The third kappa shape index (κ3) is 3.39. The lowest BCUT2D eigenvalue weighted by Gasteiger charge is -2.41. The zero-order valence-corrected chi connectivity index (χ0v) is 13.4. The molecule has 1 heterocycles. The van der Waals surface area contributed by atoms with Crippen LogP contribution in [0.3, 0.4) is 0 Å². The summed E-state index contributed by atoms with van der Waals surface area (Å²) >= 11 is 0. The number of nitrogens with one attached hydrogen (secondary N) is 1. The van der Waals surface area contributed by atoms with E-state index < -0.39 is 0 Å². The molecule has 4 atom stereocenters.